The maximum atomic E-state index is 13.1. The molecule has 0 spiro atoms. The van der Waals surface area contributed by atoms with Crippen molar-refractivity contribution in [1.82, 2.24) is 9.80 Å². The van der Waals surface area contributed by atoms with Crippen molar-refractivity contribution in [2.24, 2.45) is 5.92 Å². The summed E-state index contributed by atoms with van der Waals surface area (Å²) in [6.45, 7) is 4.56. The number of carbonyl (C=O) groups is 1. The SMILES string of the molecule is CN1CCC(Oc2ccc(NC(=O)[C@H]3CCCN(Cc4ccc(F)cc4)C3)cc2)CC1. The number of halogens is 1. The van der Waals surface area contributed by atoms with E-state index in [9.17, 15) is 9.18 Å². The van der Waals surface area contributed by atoms with E-state index in [1.54, 1.807) is 0 Å². The predicted octanol–water partition coefficient (Wildman–Crippen LogP) is 4.15. The number of amides is 1. The molecule has 6 heteroatoms. The van der Waals surface area contributed by atoms with Gasteiger partial charge in [-0.3, -0.25) is 9.69 Å². The molecule has 0 bridgehead atoms. The topological polar surface area (TPSA) is 44.8 Å². The summed E-state index contributed by atoms with van der Waals surface area (Å²) in [5, 5.41) is 3.06. The molecule has 2 aromatic carbocycles. The van der Waals surface area contributed by atoms with Crippen LogP contribution in [-0.4, -0.2) is 55.0 Å². The van der Waals surface area contributed by atoms with Gasteiger partial charge in [0.2, 0.25) is 5.91 Å². The number of carbonyl (C=O) groups excluding carboxylic acids is 1. The molecule has 0 aromatic heterocycles. The van der Waals surface area contributed by atoms with Crippen LogP contribution in [0.15, 0.2) is 48.5 Å². The maximum absolute atomic E-state index is 13.1. The monoisotopic (exact) mass is 425 g/mol. The molecular weight excluding hydrogens is 393 g/mol. The smallest absolute Gasteiger partial charge is 0.228 e. The summed E-state index contributed by atoms with van der Waals surface area (Å²) in [6, 6.07) is 14.3. The number of ether oxygens (including phenoxy) is 1. The van der Waals surface area contributed by atoms with Crippen LogP contribution in [0.3, 0.4) is 0 Å². The molecule has 0 radical (unpaired) electrons. The number of benzene rings is 2. The van der Waals surface area contributed by atoms with Crippen molar-refractivity contribution >= 4 is 11.6 Å². The molecule has 1 atom stereocenters. The average molecular weight is 426 g/mol. The molecule has 1 N–H and O–H groups in total. The fourth-order valence-electron chi connectivity index (χ4n) is 4.42. The van der Waals surface area contributed by atoms with E-state index in [-0.39, 0.29) is 23.7 Å². The molecule has 2 saturated heterocycles. The quantitative estimate of drug-likeness (QED) is 0.755. The normalized spacial score (nSPS) is 21.0. The molecule has 166 valence electrons. The number of nitrogens with one attached hydrogen (secondary N) is 1. The zero-order valence-corrected chi connectivity index (χ0v) is 18.2. The Labute approximate surface area is 184 Å². The Morgan fingerprint density at radius 2 is 1.74 bits per heavy atom. The standard InChI is InChI=1S/C25H32FN3O2/c1-28-15-12-24(13-16-28)31-23-10-8-22(9-11-23)27-25(30)20-3-2-14-29(18-20)17-19-4-6-21(26)7-5-19/h4-11,20,24H,2-3,12-18H2,1H3,(H,27,30)/t20-/m0/s1. The van der Waals surface area contributed by atoms with Crippen molar-refractivity contribution in [2.75, 3.05) is 38.5 Å². The predicted molar refractivity (Wildman–Crippen MR) is 121 cm³/mol. The minimum absolute atomic E-state index is 0.0376. The molecule has 31 heavy (non-hydrogen) atoms. The highest BCUT2D eigenvalue weighted by molar-refractivity contribution is 5.92. The minimum atomic E-state index is -0.220. The molecule has 5 nitrogen and oxygen atoms in total. The molecule has 2 aliphatic rings. The number of anilines is 1. The summed E-state index contributed by atoms with van der Waals surface area (Å²) in [5.74, 6) is 0.662. The number of hydrogen-bond acceptors (Lipinski definition) is 4. The second-order valence-corrected chi connectivity index (χ2v) is 8.83. The highest BCUT2D eigenvalue weighted by atomic mass is 19.1. The molecular formula is C25H32FN3O2. The van der Waals surface area contributed by atoms with Crippen LogP contribution in [0.1, 0.15) is 31.2 Å². The average Bonchev–Trinajstić information content (AvgIpc) is 2.78. The van der Waals surface area contributed by atoms with Gasteiger partial charge in [-0.25, -0.2) is 4.39 Å². The molecule has 0 unspecified atom stereocenters. The van der Waals surface area contributed by atoms with Gasteiger partial charge < -0.3 is 15.0 Å². The van der Waals surface area contributed by atoms with E-state index < -0.39 is 0 Å². The van der Waals surface area contributed by atoms with Crippen LogP contribution >= 0.6 is 0 Å². The van der Waals surface area contributed by atoms with Crippen LogP contribution in [0.25, 0.3) is 0 Å². The summed E-state index contributed by atoms with van der Waals surface area (Å²) in [4.78, 5) is 17.4. The Bertz CT molecular complexity index is 848. The maximum Gasteiger partial charge on any atom is 0.228 e. The van der Waals surface area contributed by atoms with Gasteiger partial charge in [-0.2, -0.15) is 0 Å². The van der Waals surface area contributed by atoms with E-state index in [1.807, 2.05) is 36.4 Å². The molecule has 1 amide bonds. The summed E-state index contributed by atoms with van der Waals surface area (Å²) in [5.41, 5.74) is 1.87. The van der Waals surface area contributed by atoms with Gasteiger partial charge in [-0.15, -0.1) is 0 Å². The van der Waals surface area contributed by atoms with E-state index in [4.69, 9.17) is 4.74 Å². The van der Waals surface area contributed by atoms with Gasteiger partial charge in [0.1, 0.15) is 17.7 Å². The van der Waals surface area contributed by atoms with Crippen molar-refractivity contribution in [1.29, 1.82) is 0 Å². The van der Waals surface area contributed by atoms with Crippen LogP contribution in [0.2, 0.25) is 0 Å². The first-order valence-electron chi connectivity index (χ1n) is 11.3. The summed E-state index contributed by atoms with van der Waals surface area (Å²) < 4.78 is 19.2. The first kappa shape index (κ1) is 21.8. The molecule has 0 saturated carbocycles. The van der Waals surface area contributed by atoms with E-state index in [0.29, 0.717) is 0 Å². The Morgan fingerprint density at radius 3 is 2.45 bits per heavy atom. The lowest BCUT2D eigenvalue weighted by atomic mass is 9.96. The molecule has 2 aliphatic heterocycles. The first-order valence-corrected chi connectivity index (χ1v) is 11.3. The molecule has 0 aliphatic carbocycles. The number of nitrogens with zero attached hydrogens (tertiary/aromatic N) is 2. The molecule has 2 heterocycles. The molecule has 2 fully saturated rings. The van der Waals surface area contributed by atoms with Gasteiger partial charge in [0.25, 0.3) is 0 Å². The summed E-state index contributed by atoms with van der Waals surface area (Å²) in [6.07, 6.45) is 4.24. The fraction of sp³-hybridized carbons (Fsp3) is 0.480. The van der Waals surface area contributed by atoms with Crippen molar-refractivity contribution < 1.29 is 13.9 Å². The van der Waals surface area contributed by atoms with Gasteiger partial charge in [-0.05, 0) is 81.2 Å². The van der Waals surface area contributed by atoms with Crippen molar-refractivity contribution in [3.63, 3.8) is 0 Å². The van der Waals surface area contributed by atoms with E-state index >= 15 is 0 Å². The second-order valence-electron chi connectivity index (χ2n) is 8.83. The third-order valence-corrected chi connectivity index (χ3v) is 6.29. The number of piperidine rings is 2. The Hall–Kier alpha value is -2.44. The van der Waals surface area contributed by atoms with Gasteiger partial charge in [0.15, 0.2) is 0 Å². The zero-order valence-electron chi connectivity index (χ0n) is 18.2. The second kappa shape index (κ2) is 10.2. The third-order valence-electron chi connectivity index (χ3n) is 6.29. The zero-order chi connectivity index (χ0) is 21.6. The van der Waals surface area contributed by atoms with Crippen LogP contribution in [0.4, 0.5) is 10.1 Å². The molecule has 4 rings (SSSR count). The fourth-order valence-corrected chi connectivity index (χ4v) is 4.42. The highest BCUT2D eigenvalue weighted by Gasteiger charge is 2.26. The van der Waals surface area contributed by atoms with Crippen molar-refractivity contribution in [3.8, 4) is 5.75 Å². The lowest BCUT2D eigenvalue weighted by molar-refractivity contribution is -0.121. The van der Waals surface area contributed by atoms with E-state index in [0.717, 1.165) is 75.4 Å². The van der Waals surface area contributed by atoms with Crippen LogP contribution < -0.4 is 10.1 Å². The van der Waals surface area contributed by atoms with Crippen LogP contribution in [-0.2, 0) is 11.3 Å². The van der Waals surface area contributed by atoms with Gasteiger partial charge in [-0.1, -0.05) is 12.1 Å². The van der Waals surface area contributed by atoms with Gasteiger partial charge in [0.05, 0.1) is 5.92 Å². The number of rotatable bonds is 6. The Kier molecular flexibility index (Phi) is 7.20. The van der Waals surface area contributed by atoms with E-state index in [1.165, 1.54) is 12.1 Å². The highest BCUT2D eigenvalue weighted by Crippen LogP contribution is 2.23. The first-order chi connectivity index (χ1) is 15.0. The van der Waals surface area contributed by atoms with Crippen molar-refractivity contribution in [3.05, 3.63) is 59.9 Å². The summed E-state index contributed by atoms with van der Waals surface area (Å²) >= 11 is 0. The third kappa shape index (κ3) is 6.28. The Balaban J connectivity index is 1.26. The minimum Gasteiger partial charge on any atom is -0.490 e. The number of hydrogen-bond donors (Lipinski definition) is 1. The van der Waals surface area contributed by atoms with Gasteiger partial charge >= 0.3 is 0 Å². The largest absolute Gasteiger partial charge is 0.490 e. The Morgan fingerprint density at radius 1 is 1.03 bits per heavy atom. The van der Waals surface area contributed by atoms with Crippen LogP contribution in [0.5, 0.6) is 5.75 Å². The number of likely N-dealkylation sites (tertiary alicyclic amines) is 2. The van der Waals surface area contributed by atoms with Gasteiger partial charge in [0, 0.05) is 31.9 Å². The van der Waals surface area contributed by atoms with Crippen molar-refractivity contribution in [2.45, 2.75) is 38.3 Å². The molecule has 2 aromatic rings. The van der Waals surface area contributed by atoms with E-state index in [2.05, 4.69) is 22.2 Å². The lowest BCUT2D eigenvalue weighted by Crippen LogP contribution is -2.40. The van der Waals surface area contributed by atoms with Crippen LogP contribution in [0, 0.1) is 11.7 Å². The summed E-state index contributed by atoms with van der Waals surface area (Å²) in [7, 11) is 2.14. The lowest BCUT2D eigenvalue weighted by Gasteiger charge is -2.32.